The predicted octanol–water partition coefficient (Wildman–Crippen LogP) is 1.63. The van der Waals surface area contributed by atoms with Gasteiger partial charge >= 0.3 is 0 Å². The molecule has 18 heavy (non-hydrogen) atoms. The van der Waals surface area contributed by atoms with Gasteiger partial charge in [-0.1, -0.05) is 32.6 Å². The first-order chi connectivity index (χ1) is 8.65. The molecule has 0 aliphatic carbocycles. The standard InChI is InChI=1S/C12H24N2O3S/c1-2-3-4-5-6-7-12(15)13-8-10-14(11-9-13)18(16)17/h2-11H2,1H3,(H,16,17). The topological polar surface area (TPSA) is 60.9 Å². The number of carbonyl (C=O) groups is 1. The lowest BCUT2D eigenvalue weighted by molar-refractivity contribution is -0.132. The van der Waals surface area contributed by atoms with Gasteiger partial charge in [-0.2, -0.15) is 4.31 Å². The van der Waals surface area contributed by atoms with Gasteiger partial charge in [0, 0.05) is 32.6 Å². The molecule has 1 atom stereocenters. The van der Waals surface area contributed by atoms with Gasteiger partial charge in [0.15, 0.2) is 0 Å². The second-order valence-corrected chi connectivity index (χ2v) is 5.68. The zero-order chi connectivity index (χ0) is 13.4. The molecule has 1 unspecified atom stereocenters. The molecular weight excluding hydrogens is 252 g/mol. The Labute approximate surface area is 112 Å². The van der Waals surface area contributed by atoms with Crippen LogP contribution in [0.3, 0.4) is 0 Å². The Morgan fingerprint density at radius 3 is 2.28 bits per heavy atom. The van der Waals surface area contributed by atoms with Crippen molar-refractivity contribution in [3.63, 3.8) is 0 Å². The van der Waals surface area contributed by atoms with Crippen molar-refractivity contribution in [1.82, 2.24) is 9.21 Å². The van der Waals surface area contributed by atoms with E-state index >= 15 is 0 Å². The van der Waals surface area contributed by atoms with Crippen molar-refractivity contribution < 1.29 is 13.6 Å². The Morgan fingerprint density at radius 1 is 1.11 bits per heavy atom. The lowest BCUT2D eigenvalue weighted by atomic mass is 10.1. The van der Waals surface area contributed by atoms with Gasteiger partial charge in [-0.15, -0.1) is 0 Å². The van der Waals surface area contributed by atoms with Crippen LogP contribution in [0.25, 0.3) is 0 Å². The minimum Gasteiger partial charge on any atom is -0.340 e. The van der Waals surface area contributed by atoms with Gasteiger partial charge in [0.05, 0.1) is 0 Å². The van der Waals surface area contributed by atoms with Gasteiger partial charge in [-0.05, 0) is 6.42 Å². The lowest BCUT2D eigenvalue weighted by Crippen LogP contribution is -2.48. The number of unbranched alkanes of at least 4 members (excludes halogenated alkanes) is 4. The second kappa shape index (κ2) is 8.61. The van der Waals surface area contributed by atoms with E-state index in [1.54, 1.807) is 0 Å². The van der Waals surface area contributed by atoms with Crippen molar-refractivity contribution in [2.45, 2.75) is 45.4 Å². The van der Waals surface area contributed by atoms with E-state index < -0.39 is 11.3 Å². The molecule has 1 aliphatic heterocycles. The van der Waals surface area contributed by atoms with Gasteiger partial charge in [0.2, 0.25) is 17.2 Å². The number of hydrogen-bond acceptors (Lipinski definition) is 2. The van der Waals surface area contributed by atoms with Crippen LogP contribution in [0, 0.1) is 0 Å². The van der Waals surface area contributed by atoms with Crippen LogP contribution in [0.15, 0.2) is 0 Å². The zero-order valence-electron chi connectivity index (χ0n) is 11.1. The Kier molecular flexibility index (Phi) is 7.46. The third kappa shape index (κ3) is 5.46. The monoisotopic (exact) mass is 276 g/mol. The van der Waals surface area contributed by atoms with Crippen LogP contribution in [0.1, 0.15) is 45.4 Å². The SMILES string of the molecule is CCCCCCCC(=O)N1CCN(S(=O)O)CC1. The van der Waals surface area contributed by atoms with Crippen LogP contribution in [0.4, 0.5) is 0 Å². The zero-order valence-corrected chi connectivity index (χ0v) is 12.0. The van der Waals surface area contributed by atoms with Crippen LogP contribution in [-0.2, 0) is 16.1 Å². The predicted molar refractivity (Wildman–Crippen MR) is 72.3 cm³/mol. The van der Waals surface area contributed by atoms with Crippen molar-refractivity contribution in [3.8, 4) is 0 Å². The summed E-state index contributed by atoms with van der Waals surface area (Å²) >= 11 is -1.89. The maximum atomic E-state index is 11.9. The van der Waals surface area contributed by atoms with Gasteiger partial charge in [0.25, 0.3) is 0 Å². The van der Waals surface area contributed by atoms with E-state index in [-0.39, 0.29) is 5.91 Å². The molecule has 1 amide bonds. The van der Waals surface area contributed by atoms with E-state index in [0.29, 0.717) is 32.6 Å². The second-order valence-electron chi connectivity index (χ2n) is 4.70. The minimum absolute atomic E-state index is 0.190. The molecule has 1 fully saturated rings. The first kappa shape index (κ1) is 15.6. The summed E-state index contributed by atoms with van der Waals surface area (Å²) < 4.78 is 21.2. The van der Waals surface area contributed by atoms with Gasteiger partial charge in [-0.3, -0.25) is 9.35 Å². The molecule has 1 N–H and O–H groups in total. The third-order valence-corrected chi connectivity index (χ3v) is 4.11. The molecular formula is C12H24N2O3S. The molecule has 0 aromatic rings. The van der Waals surface area contributed by atoms with E-state index in [0.717, 1.165) is 12.8 Å². The molecule has 1 aliphatic rings. The average Bonchev–Trinajstić information content (AvgIpc) is 2.38. The van der Waals surface area contributed by atoms with Crippen molar-refractivity contribution in [2.24, 2.45) is 0 Å². The molecule has 0 bridgehead atoms. The van der Waals surface area contributed by atoms with Crippen LogP contribution >= 0.6 is 0 Å². The molecule has 0 spiro atoms. The van der Waals surface area contributed by atoms with Gasteiger partial charge in [0.1, 0.15) is 0 Å². The Balaban J connectivity index is 2.14. The highest BCUT2D eigenvalue weighted by Crippen LogP contribution is 2.09. The molecule has 0 radical (unpaired) electrons. The smallest absolute Gasteiger partial charge is 0.234 e. The summed E-state index contributed by atoms with van der Waals surface area (Å²) in [6.45, 7) is 4.30. The van der Waals surface area contributed by atoms with E-state index in [1.165, 1.54) is 23.6 Å². The quantitative estimate of drug-likeness (QED) is 0.568. The van der Waals surface area contributed by atoms with Gasteiger partial charge in [-0.25, -0.2) is 4.21 Å². The Bertz CT molecular complexity index is 278. The highest BCUT2D eigenvalue weighted by atomic mass is 32.2. The number of rotatable bonds is 7. The number of nitrogens with zero attached hydrogens (tertiary/aromatic N) is 2. The first-order valence-corrected chi connectivity index (χ1v) is 7.85. The summed E-state index contributed by atoms with van der Waals surface area (Å²) in [6.07, 6.45) is 6.38. The fourth-order valence-electron chi connectivity index (χ4n) is 2.13. The van der Waals surface area contributed by atoms with Crippen molar-refractivity contribution >= 4 is 17.2 Å². The minimum atomic E-state index is -1.89. The first-order valence-electron chi connectivity index (χ1n) is 6.79. The molecule has 0 aromatic carbocycles. The number of piperazine rings is 1. The summed E-state index contributed by atoms with van der Waals surface area (Å²) in [5.41, 5.74) is 0. The molecule has 106 valence electrons. The summed E-state index contributed by atoms with van der Waals surface area (Å²) in [6, 6.07) is 0. The van der Waals surface area contributed by atoms with Crippen molar-refractivity contribution in [1.29, 1.82) is 0 Å². The van der Waals surface area contributed by atoms with Crippen LogP contribution < -0.4 is 0 Å². The Hall–Kier alpha value is -0.460. The number of carbonyl (C=O) groups excluding carboxylic acids is 1. The van der Waals surface area contributed by atoms with Crippen molar-refractivity contribution in [3.05, 3.63) is 0 Å². The highest BCUT2D eigenvalue weighted by Gasteiger charge is 2.22. The van der Waals surface area contributed by atoms with E-state index in [1.807, 2.05) is 4.90 Å². The summed E-state index contributed by atoms with van der Waals surface area (Å²) in [5.74, 6) is 0.190. The van der Waals surface area contributed by atoms with Crippen LogP contribution in [0.2, 0.25) is 0 Å². The molecule has 0 saturated carbocycles. The summed E-state index contributed by atoms with van der Waals surface area (Å²) in [5, 5.41) is 0. The molecule has 1 heterocycles. The molecule has 0 aromatic heterocycles. The molecule has 5 nitrogen and oxygen atoms in total. The summed E-state index contributed by atoms with van der Waals surface area (Å²) in [4.78, 5) is 13.7. The number of hydrogen-bond donors (Lipinski definition) is 1. The Morgan fingerprint density at radius 2 is 1.72 bits per heavy atom. The van der Waals surface area contributed by atoms with Crippen LogP contribution in [0.5, 0.6) is 0 Å². The van der Waals surface area contributed by atoms with Crippen molar-refractivity contribution in [2.75, 3.05) is 26.2 Å². The fraction of sp³-hybridized carbons (Fsp3) is 0.917. The largest absolute Gasteiger partial charge is 0.340 e. The van der Waals surface area contributed by atoms with Gasteiger partial charge < -0.3 is 4.90 Å². The van der Waals surface area contributed by atoms with E-state index in [9.17, 15) is 9.00 Å². The fourth-order valence-corrected chi connectivity index (χ4v) is 2.61. The van der Waals surface area contributed by atoms with E-state index in [2.05, 4.69) is 6.92 Å². The normalized spacial score (nSPS) is 18.9. The molecule has 6 heteroatoms. The lowest BCUT2D eigenvalue weighted by Gasteiger charge is -2.32. The molecule has 1 saturated heterocycles. The maximum absolute atomic E-state index is 11.9. The average molecular weight is 276 g/mol. The van der Waals surface area contributed by atoms with Crippen LogP contribution in [-0.4, -0.2) is 50.1 Å². The molecule has 1 rings (SSSR count). The van der Waals surface area contributed by atoms with E-state index in [4.69, 9.17) is 4.55 Å². The third-order valence-electron chi connectivity index (χ3n) is 3.31. The number of amides is 1. The summed E-state index contributed by atoms with van der Waals surface area (Å²) in [7, 11) is 0. The highest BCUT2D eigenvalue weighted by molar-refractivity contribution is 7.76. The maximum Gasteiger partial charge on any atom is 0.234 e.